The molecule has 3 aromatic carbocycles. The number of carbonyl (C=O) groups is 1. The van der Waals surface area contributed by atoms with Crippen molar-refractivity contribution in [1.82, 2.24) is 0 Å². The number of fused-ring (bicyclic) bond motifs is 4. The summed E-state index contributed by atoms with van der Waals surface area (Å²) in [5.74, 6) is 1.37. The van der Waals surface area contributed by atoms with Gasteiger partial charge in [-0.3, -0.25) is 9.69 Å². The van der Waals surface area contributed by atoms with Gasteiger partial charge in [-0.2, -0.15) is 0 Å². The summed E-state index contributed by atoms with van der Waals surface area (Å²) >= 11 is 5.68. The van der Waals surface area contributed by atoms with Crippen molar-refractivity contribution in [3.8, 4) is 22.6 Å². The van der Waals surface area contributed by atoms with Crippen molar-refractivity contribution in [2.75, 3.05) is 18.1 Å². The van der Waals surface area contributed by atoms with Crippen molar-refractivity contribution >= 4 is 55.3 Å². The molecule has 0 saturated carbocycles. The van der Waals surface area contributed by atoms with E-state index < -0.39 is 5.54 Å². The summed E-state index contributed by atoms with van der Waals surface area (Å²) in [7, 11) is 3.22. The molecule has 0 saturated heterocycles. The topological polar surface area (TPSA) is 38.8 Å². The van der Waals surface area contributed by atoms with Crippen LogP contribution >= 0.6 is 32.9 Å². The third-order valence-corrected chi connectivity index (χ3v) is 9.22. The molecule has 5 rings (SSSR count). The van der Waals surface area contributed by atoms with Crippen LogP contribution in [0.25, 0.3) is 21.9 Å². The third-order valence-electron chi connectivity index (χ3n) is 5.89. The lowest BCUT2D eigenvalue weighted by atomic mass is 9.87. The maximum Gasteiger partial charge on any atom is 0.265 e. The molecule has 0 radical (unpaired) electrons. The van der Waals surface area contributed by atoms with Crippen LogP contribution in [0.5, 0.6) is 11.5 Å². The van der Waals surface area contributed by atoms with E-state index in [9.17, 15) is 4.79 Å². The summed E-state index contributed by atoms with van der Waals surface area (Å²) < 4.78 is 12.7. The predicted octanol–water partition coefficient (Wildman–Crippen LogP) is 7.42. The molecule has 168 valence electrons. The zero-order chi connectivity index (χ0) is 23.2. The zero-order valence-corrected chi connectivity index (χ0v) is 21.0. The van der Waals surface area contributed by atoms with E-state index in [2.05, 4.69) is 13.8 Å². The van der Waals surface area contributed by atoms with Crippen molar-refractivity contribution in [2.24, 2.45) is 0 Å². The van der Waals surface area contributed by atoms with E-state index in [1.807, 2.05) is 72.5 Å². The van der Waals surface area contributed by atoms with Crippen LogP contribution in [0.1, 0.15) is 25.6 Å². The van der Waals surface area contributed by atoms with Gasteiger partial charge in [-0.25, -0.2) is 0 Å². The molecule has 33 heavy (non-hydrogen) atoms. The fraction of sp³-hybridized carbons (Fsp3) is 0.231. The molecule has 0 bridgehead atoms. The van der Waals surface area contributed by atoms with E-state index in [0.717, 1.165) is 42.0 Å². The molecule has 7 heteroatoms. The van der Waals surface area contributed by atoms with Gasteiger partial charge >= 0.3 is 0 Å². The Hall–Kier alpha value is -2.74. The summed E-state index contributed by atoms with van der Waals surface area (Å²) in [5, 5.41) is 2.07. The van der Waals surface area contributed by atoms with E-state index in [-0.39, 0.29) is 12.5 Å². The molecule has 1 aliphatic heterocycles. The Bertz CT molecular complexity index is 1410. The van der Waals surface area contributed by atoms with Crippen LogP contribution < -0.4 is 14.4 Å². The molecular formula is C26H23NO3S3. The van der Waals surface area contributed by atoms with Gasteiger partial charge in [0, 0.05) is 16.5 Å². The Labute approximate surface area is 205 Å². The predicted molar refractivity (Wildman–Crippen MR) is 140 cm³/mol. The van der Waals surface area contributed by atoms with Crippen molar-refractivity contribution in [2.45, 2.75) is 26.3 Å². The van der Waals surface area contributed by atoms with E-state index in [1.165, 1.54) is 0 Å². The second-order valence-corrected chi connectivity index (χ2v) is 11.1. The molecule has 2 heterocycles. The molecule has 1 aromatic heterocycles. The average molecular weight is 494 g/mol. The highest BCUT2D eigenvalue weighted by Gasteiger charge is 2.43. The maximum absolute atomic E-state index is 13.7. The lowest BCUT2D eigenvalue weighted by molar-refractivity contribution is -0.121. The number of carbonyl (C=O) groups excluding carboxylic acids is 1. The second kappa shape index (κ2) is 8.56. The molecule has 0 N–H and O–H groups in total. The van der Waals surface area contributed by atoms with Crippen LogP contribution in [0, 0.1) is 3.82 Å². The number of rotatable bonds is 5. The molecule has 1 amide bonds. The van der Waals surface area contributed by atoms with E-state index in [0.29, 0.717) is 12.4 Å². The van der Waals surface area contributed by atoms with Gasteiger partial charge in [-0.1, -0.05) is 69.3 Å². The molecule has 0 atom stereocenters. The first-order valence-electron chi connectivity index (χ1n) is 10.8. The van der Waals surface area contributed by atoms with Gasteiger partial charge in [0.05, 0.1) is 22.7 Å². The Kier molecular flexibility index (Phi) is 5.72. The monoisotopic (exact) mass is 493 g/mol. The van der Waals surface area contributed by atoms with Crippen molar-refractivity contribution < 1.29 is 14.3 Å². The molecule has 4 nitrogen and oxygen atoms in total. The second-order valence-electron chi connectivity index (χ2n) is 8.32. The third kappa shape index (κ3) is 3.74. The van der Waals surface area contributed by atoms with Crippen molar-refractivity contribution in [3.05, 3.63) is 69.4 Å². The quantitative estimate of drug-likeness (QED) is 0.214. The van der Waals surface area contributed by atoms with Crippen LogP contribution in [0.15, 0.2) is 60.7 Å². The fourth-order valence-corrected chi connectivity index (χ4v) is 7.72. The first-order valence-corrected chi connectivity index (χ1v) is 13.3. The van der Waals surface area contributed by atoms with E-state index >= 15 is 0 Å². The van der Waals surface area contributed by atoms with Gasteiger partial charge in [0.1, 0.15) is 15.3 Å². The molecule has 1 aliphatic rings. The first kappa shape index (κ1) is 22.1. The lowest BCUT2D eigenvalue weighted by Gasteiger charge is -2.42. The molecule has 0 aliphatic carbocycles. The first-order chi connectivity index (χ1) is 15.9. The summed E-state index contributed by atoms with van der Waals surface area (Å²) in [6.07, 6.45) is 0. The lowest BCUT2D eigenvalue weighted by Crippen LogP contribution is -2.49. The minimum absolute atomic E-state index is 0.0606. The number of amides is 1. The Morgan fingerprint density at radius 2 is 1.82 bits per heavy atom. The van der Waals surface area contributed by atoms with Crippen molar-refractivity contribution in [1.29, 1.82) is 0 Å². The molecular weight excluding hydrogens is 470 g/mol. The summed E-state index contributed by atoms with van der Waals surface area (Å²) in [6.45, 7) is 6.61. The summed E-state index contributed by atoms with van der Waals surface area (Å²) in [5.41, 5.74) is 2.27. The Morgan fingerprint density at radius 1 is 1.03 bits per heavy atom. The van der Waals surface area contributed by atoms with Gasteiger partial charge in [0.2, 0.25) is 0 Å². The molecule has 4 aromatic rings. The van der Waals surface area contributed by atoms with Gasteiger partial charge in [0.15, 0.2) is 6.61 Å². The Morgan fingerprint density at radius 3 is 2.64 bits per heavy atom. The summed E-state index contributed by atoms with van der Waals surface area (Å²) in [4.78, 5) is 16.6. The number of ether oxygens (including phenoxy) is 2. The summed E-state index contributed by atoms with van der Waals surface area (Å²) in [6, 6.07) is 19.8. The van der Waals surface area contributed by atoms with Gasteiger partial charge < -0.3 is 9.47 Å². The minimum atomic E-state index is -0.549. The van der Waals surface area contributed by atoms with Crippen LogP contribution in [0.2, 0.25) is 0 Å². The van der Waals surface area contributed by atoms with Crippen LogP contribution in [0.3, 0.4) is 0 Å². The highest BCUT2D eigenvalue weighted by Crippen LogP contribution is 2.52. The minimum Gasteiger partial charge on any atom is -0.494 e. The number of benzene rings is 3. The van der Waals surface area contributed by atoms with E-state index in [1.54, 1.807) is 20.7 Å². The largest absolute Gasteiger partial charge is 0.494 e. The van der Waals surface area contributed by atoms with Gasteiger partial charge in [-0.05, 0) is 50.4 Å². The number of nitrogens with zero attached hydrogens (tertiary/aromatic N) is 1. The SMILES string of the molecule is CCOc1ccc2c(c1)-c1c(ssc1=S)C(C)(C)N2C(=O)COc1cccc2ccccc12. The average Bonchev–Trinajstić information content (AvgIpc) is 3.21. The van der Waals surface area contributed by atoms with Crippen LogP contribution in [-0.4, -0.2) is 19.1 Å². The highest BCUT2D eigenvalue weighted by molar-refractivity contribution is 7.80. The number of anilines is 1. The zero-order valence-electron chi connectivity index (χ0n) is 18.6. The molecule has 0 unspecified atom stereocenters. The van der Waals surface area contributed by atoms with Crippen molar-refractivity contribution in [3.63, 3.8) is 0 Å². The molecule has 0 spiro atoms. The van der Waals surface area contributed by atoms with Crippen LogP contribution in [-0.2, 0) is 10.3 Å². The highest BCUT2D eigenvalue weighted by atomic mass is 32.9. The van der Waals surface area contributed by atoms with Gasteiger partial charge in [0.25, 0.3) is 5.91 Å². The normalized spacial score (nSPS) is 14.0. The number of hydrogen-bond acceptors (Lipinski definition) is 6. The van der Waals surface area contributed by atoms with Gasteiger partial charge in [-0.15, -0.1) is 0 Å². The molecule has 0 fully saturated rings. The smallest absolute Gasteiger partial charge is 0.265 e. The fourth-order valence-electron chi connectivity index (χ4n) is 4.44. The standard InChI is InChI=1S/C26H23NO3S3/c1-4-29-17-12-13-20-19(14-17)23-24(32-33-25(23)31)26(2,3)27(20)22(28)15-30-21-11-7-9-16-8-5-6-10-18(16)21/h5-14H,4,15H2,1-3H3. The maximum atomic E-state index is 13.7. The Balaban J connectivity index is 1.53. The number of hydrogen-bond donors (Lipinski definition) is 0. The van der Waals surface area contributed by atoms with E-state index in [4.69, 9.17) is 21.7 Å². The van der Waals surface area contributed by atoms with Crippen LogP contribution in [0.4, 0.5) is 5.69 Å².